The van der Waals surface area contributed by atoms with E-state index in [0.717, 1.165) is 5.56 Å². The van der Waals surface area contributed by atoms with Crippen LogP contribution in [-0.2, 0) is 22.0 Å². The molecule has 33 heavy (non-hydrogen) atoms. The van der Waals surface area contributed by atoms with Crippen LogP contribution >= 0.6 is 11.6 Å². The van der Waals surface area contributed by atoms with E-state index >= 15 is 0 Å². The van der Waals surface area contributed by atoms with Crippen molar-refractivity contribution in [1.29, 1.82) is 0 Å². The van der Waals surface area contributed by atoms with Crippen LogP contribution in [0.2, 0.25) is 0 Å². The molecule has 2 aromatic carbocycles. The lowest BCUT2D eigenvalue weighted by Gasteiger charge is -2.38. The molecule has 1 aliphatic carbocycles. The van der Waals surface area contributed by atoms with Crippen molar-refractivity contribution < 1.29 is 18.3 Å². The van der Waals surface area contributed by atoms with E-state index < -0.39 is 20.8 Å². The van der Waals surface area contributed by atoms with Crippen LogP contribution in [0.5, 0.6) is 0 Å². The summed E-state index contributed by atoms with van der Waals surface area (Å²) in [5.74, 6) is -0.257. The first-order chi connectivity index (χ1) is 15.8. The first-order valence-electron chi connectivity index (χ1n) is 11.1. The maximum atomic E-state index is 12.9. The van der Waals surface area contributed by atoms with Gasteiger partial charge in [0.1, 0.15) is 0 Å². The van der Waals surface area contributed by atoms with Gasteiger partial charge in [-0.3, -0.25) is 4.79 Å². The highest BCUT2D eigenvalue weighted by Gasteiger charge is 2.34. The number of carbonyl (C=O) groups is 1. The molecule has 1 fully saturated rings. The number of halogens is 1. The summed E-state index contributed by atoms with van der Waals surface area (Å²) in [7, 11) is -3.52. The van der Waals surface area contributed by atoms with Crippen LogP contribution in [0.1, 0.15) is 40.7 Å². The van der Waals surface area contributed by atoms with Crippen molar-refractivity contribution in [1.82, 2.24) is 4.90 Å². The maximum Gasteiger partial charge on any atom is 0.253 e. The van der Waals surface area contributed by atoms with E-state index in [1.54, 1.807) is 41.3 Å². The lowest BCUT2D eigenvalue weighted by molar-refractivity contribution is -0.0162. The Morgan fingerprint density at radius 1 is 1.03 bits per heavy atom. The Bertz CT molecular complexity index is 1150. The van der Waals surface area contributed by atoms with Gasteiger partial charge in [-0.2, -0.15) is 0 Å². The predicted octanol–water partition coefficient (Wildman–Crippen LogP) is 4.26. The third kappa shape index (κ3) is 5.75. The average Bonchev–Trinajstić information content (AvgIpc) is 2.80. The van der Waals surface area contributed by atoms with Crippen LogP contribution < -0.4 is 0 Å². The van der Waals surface area contributed by atoms with Gasteiger partial charge < -0.3 is 10.0 Å². The molecule has 1 amide bonds. The number of allylic oxidation sites excluding steroid dienone is 4. The summed E-state index contributed by atoms with van der Waals surface area (Å²) in [4.78, 5) is 14.9. The first kappa shape index (κ1) is 23.7. The molecule has 1 N–H and O–H groups in total. The number of benzene rings is 2. The third-order valence-electron chi connectivity index (χ3n) is 6.32. The summed E-state index contributed by atoms with van der Waals surface area (Å²) in [6.45, 7) is 0.966. The summed E-state index contributed by atoms with van der Waals surface area (Å²) < 4.78 is 25.5. The minimum Gasteiger partial charge on any atom is -0.389 e. The number of carbonyl (C=O) groups excluding carboxylic acids is 1. The number of nitrogens with zero attached hydrogens (tertiary/aromatic N) is 1. The Balaban J connectivity index is 1.36. The minimum absolute atomic E-state index is 0.105. The summed E-state index contributed by atoms with van der Waals surface area (Å²) in [6.07, 6.45) is 7.24. The van der Waals surface area contributed by atoms with Gasteiger partial charge in [0.2, 0.25) is 0 Å². The fraction of sp³-hybridized carbons (Fsp3) is 0.346. The highest BCUT2D eigenvalue weighted by molar-refractivity contribution is 7.94. The number of aliphatic hydroxyl groups is 1. The largest absolute Gasteiger partial charge is 0.389 e. The lowest BCUT2D eigenvalue weighted by atomic mass is 9.85. The molecular formula is C26H28ClNO4S. The molecule has 2 aliphatic rings. The number of likely N-dealkylation sites (tertiary alicyclic amines) is 1. The topological polar surface area (TPSA) is 74.7 Å². The average molecular weight is 486 g/mol. The predicted molar refractivity (Wildman–Crippen MR) is 131 cm³/mol. The number of hydrogen-bond donors (Lipinski definition) is 1. The molecule has 1 atom stereocenters. The van der Waals surface area contributed by atoms with Crippen molar-refractivity contribution in [2.24, 2.45) is 0 Å². The number of piperidine rings is 1. The zero-order valence-corrected chi connectivity index (χ0v) is 19.9. The Morgan fingerprint density at radius 3 is 2.33 bits per heavy atom. The van der Waals surface area contributed by atoms with Gasteiger partial charge in [0.15, 0.2) is 9.84 Å². The van der Waals surface area contributed by atoms with E-state index in [1.165, 1.54) is 0 Å². The lowest BCUT2D eigenvalue weighted by Crippen LogP contribution is -2.47. The Labute approximate surface area is 200 Å². The van der Waals surface area contributed by atoms with E-state index in [0.29, 0.717) is 49.9 Å². The summed E-state index contributed by atoms with van der Waals surface area (Å²) >= 11 is 6.18. The molecule has 0 bridgehead atoms. The van der Waals surface area contributed by atoms with Crippen molar-refractivity contribution in [2.75, 3.05) is 13.1 Å². The molecule has 174 valence electrons. The molecule has 2 aromatic rings. The van der Waals surface area contributed by atoms with E-state index in [2.05, 4.69) is 0 Å². The fourth-order valence-corrected chi connectivity index (χ4v) is 6.54. The van der Waals surface area contributed by atoms with Crippen LogP contribution in [0, 0.1) is 0 Å². The smallest absolute Gasteiger partial charge is 0.253 e. The first-order valence-corrected chi connectivity index (χ1v) is 13.2. The zero-order chi connectivity index (χ0) is 23.5. The molecule has 0 spiro atoms. The molecule has 7 heteroatoms. The number of hydrogen-bond acceptors (Lipinski definition) is 4. The van der Waals surface area contributed by atoms with Crippen molar-refractivity contribution in [3.05, 3.63) is 94.4 Å². The Kier molecular flexibility index (Phi) is 7.07. The van der Waals surface area contributed by atoms with Gasteiger partial charge in [-0.25, -0.2) is 8.42 Å². The normalized spacial score (nSPS) is 20.4. The van der Waals surface area contributed by atoms with E-state index in [4.69, 9.17) is 11.6 Å². The van der Waals surface area contributed by atoms with E-state index in [-0.39, 0.29) is 16.6 Å². The zero-order valence-electron chi connectivity index (χ0n) is 18.4. The maximum absolute atomic E-state index is 12.9. The van der Waals surface area contributed by atoms with E-state index in [1.807, 2.05) is 36.4 Å². The quantitative estimate of drug-likeness (QED) is 0.620. The molecule has 0 saturated carbocycles. The van der Waals surface area contributed by atoms with E-state index in [9.17, 15) is 18.3 Å². The van der Waals surface area contributed by atoms with Gasteiger partial charge in [-0.05, 0) is 48.6 Å². The van der Waals surface area contributed by atoms with Crippen molar-refractivity contribution in [3.63, 3.8) is 0 Å². The van der Waals surface area contributed by atoms with Gasteiger partial charge in [-0.15, -0.1) is 11.6 Å². The number of alkyl halides is 1. The molecule has 1 aliphatic heterocycles. The molecule has 1 heterocycles. The van der Waals surface area contributed by atoms with Crippen LogP contribution in [-0.4, -0.2) is 48.4 Å². The molecule has 0 radical (unpaired) electrons. The second kappa shape index (κ2) is 9.84. The Hall–Kier alpha value is -2.41. The monoisotopic (exact) mass is 485 g/mol. The summed E-state index contributed by atoms with van der Waals surface area (Å²) in [5.41, 5.74) is 1.41. The van der Waals surface area contributed by atoms with Gasteiger partial charge in [0.05, 0.1) is 21.6 Å². The fourth-order valence-electron chi connectivity index (χ4n) is 4.39. The summed E-state index contributed by atoms with van der Waals surface area (Å²) in [6, 6.07) is 16.6. The molecular weight excluding hydrogens is 458 g/mol. The van der Waals surface area contributed by atoms with Crippen LogP contribution in [0.15, 0.2) is 77.7 Å². The van der Waals surface area contributed by atoms with Crippen molar-refractivity contribution >= 4 is 27.3 Å². The number of rotatable bonds is 6. The van der Waals surface area contributed by atoms with Crippen LogP contribution in [0.3, 0.4) is 0 Å². The highest BCUT2D eigenvalue weighted by Crippen LogP contribution is 2.28. The molecule has 4 rings (SSSR count). The molecule has 1 unspecified atom stereocenters. The number of amides is 1. The van der Waals surface area contributed by atoms with Gasteiger partial charge >= 0.3 is 0 Å². The number of sulfone groups is 1. The van der Waals surface area contributed by atoms with Crippen molar-refractivity contribution in [3.8, 4) is 0 Å². The van der Waals surface area contributed by atoms with Crippen LogP contribution in [0.25, 0.3) is 0 Å². The van der Waals surface area contributed by atoms with Crippen molar-refractivity contribution in [2.45, 2.75) is 42.4 Å². The standard InChI is InChI=1S/C26H28ClNO4S/c27-23-8-4-5-9-24(23)33(31,32)19-21-10-12-22(13-11-21)25(29)28-16-14-26(30,15-17-28)18-20-6-2-1-3-7-20/h1-7,9-13,23,30H,8,14-19H2. The summed E-state index contributed by atoms with van der Waals surface area (Å²) in [5, 5.41) is 10.4. The Morgan fingerprint density at radius 2 is 1.70 bits per heavy atom. The molecule has 5 nitrogen and oxygen atoms in total. The van der Waals surface area contributed by atoms with Gasteiger partial charge in [0.25, 0.3) is 5.91 Å². The molecule has 1 saturated heterocycles. The van der Waals surface area contributed by atoms with Gasteiger partial charge in [0, 0.05) is 25.1 Å². The second-order valence-electron chi connectivity index (χ2n) is 8.84. The van der Waals surface area contributed by atoms with Gasteiger partial charge in [-0.1, -0.05) is 54.6 Å². The highest BCUT2D eigenvalue weighted by atomic mass is 35.5. The third-order valence-corrected chi connectivity index (χ3v) is 8.72. The molecule has 0 aromatic heterocycles. The minimum atomic E-state index is -3.52. The van der Waals surface area contributed by atoms with Crippen LogP contribution in [0.4, 0.5) is 0 Å². The SMILES string of the molecule is O=C(c1ccc(CS(=O)(=O)C2=CC=CCC2Cl)cc1)N1CCC(O)(Cc2ccccc2)CC1. The second-order valence-corrected chi connectivity index (χ2v) is 11.4.